The van der Waals surface area contributed by atoms with Crippen molar-refractivity contribution in [3.63, 3.8) is 0 Å². The van der Waals surface area contributed by atoms with E-state index in [1.165, 1.54) is 0 Å². The molecule has 0 saturated carbocycles. The molecule has 0 spiro atoms. The Kier molecular flexibility index (Phi) is 3.69. The van der Waals surface area contributed by atoms with Crippen LogP contribution in [0.15, 0.2) is 42.9 Å². The van der Waals surface area contributed by atoms with E-state index in [1.54, 1.807) is 23.5 Å². The van der Waals surface area contributed by atoms with Gasteiger partial charge in [0.05, 0.1) is 6.54 Å². The summed E-state index contributed by atoms with van der Waals surface area (Å²) in [5.41, 5.74) is 1.57. The summed E-state index contributed by atoms with van der Waals surface area (Å²) < 4.78 is 5.35. The minimum atomic E-state index is -0.486. The number of allylic oxidation sites excluding steroid dienone is 2. The first-order valence-corrected chi connectivity index (χ1v) is 6.23. The molecule has 0 aromatic carbocycles. The Labute approximate surface area is 113 Å². The van der Waals surface area contributed by atoms with Gasteiger partial charge in [-0.2, -0.15) is 0 Å². The number of hydrogen-bond acceptors (Lipinski definition) is 3. The molecule has 19 heavy (non-hydrogen) atoms. The number of nitrogens with zero attached hydrogens (tertiary/aromatic N) is 2. The highest BCUT2D eigenvalue weighted by Gasteiger charge is 2.22. The van der Waals surface area contributed by atoms with Gasteiger partial charge in [0.2, 0.25) is 0 Å². The molecule has 1 aliphatic heterocycles. The van der Waals surface area contributed by atoms with Crippen molar-refractivity contribution in [2.24, 2.45) is 0 Å². The van der Waals surface area contributed by atoms with Crippen LogP contribution in [0, 0.1) is 0 Å². The van der Waals surface area contributed by atoms with Gasteiger partial charge in [-0.05, 0) is 44.1 Å². The molecule has 4 nitrogen and oxygen atoms in total. The summed E-state index contributed by atoms with van der Waals surface area (Å²) >= 11 is 0. The van der Waals surface area contributed by atoms with Gasteiger partial charge in [-0.3, -0.25) is 9.88 Å². The van der Waals surface area contributed by atoms with E-state index in [0.29, 0.717) is 6.54 Å². The lowest BCUT2D eigenvalue weighted by atomic mass is 10.1. The molecule has 4 heteroatoms. The first kappa shape index (κ1) is 13.3. The quantitative estimate of drug-likeness (QED) is 0.776. The van der Waals surface area contributed by atoms with Crippen LogP contribution in [0.5, 0.6) is 0 Å². The molecule has 1 aliphatic rings. The van der Waals surface area contributed by atoms with E-state index >= 15 is 0 Å². The van der Waals surface area contributed by atoms with Crippen LogP contribution in [0.4, 0.5) is 4.79 Å². The van der Waals surface area contributed by atoms with Gasteiger partial charge in [0.1, 0.15) is 5.60 Å². The molecule has 0 fully saturated rings. The zero-order valence-corrected chi connectivity index (χ0v) is 11.5. The molecule has 0 atom stereocenters. The summed E-state index contributed by atoms with van der Waals surface area (Å²) in [7, 11) is 0. The van der Waals surface area contributed by atoms with Gasteiger partial charge in [-0.15, -0.1) is 0 Å². The van der Waals surface area contributed by atoms with Gasteiger partial charge >= 0.3 is 6.09 Å². The van der Waals surface area contributed by atoms with Crippen molar-refractivity contribution in [2.45, 2.75) is 26.4 Å². The van der Waals surface area contributed by atoms with Crippen LogP contribution >= 0.6 is 0 Å². The third-order valence-electron chi connectivity index (χ3n) is 2.56. The van der Waals surface area contributed by atoms with Crippen molar-refractivity contribution in [1.29, 1.82) is 0 Å². The van der Waals surface area contributed by atoms with E-state index in [1.807, 2.05) is 45.1 Å². The van der Waals surface area contributed by atoms with E-state index < -0.39 is 5.60 Å². The molecule has 0 bridgehead atoms. The number of hydrogen-bond donors (Lipinski definition) is 0. The van der Waals surface area contributed by atoms with Crippen LogP contribution in [0.2, 0.25) is 0 Å². The Balaban J connectivity index is 2.08. The Morgan fingerprint density at radius 3 is 2.84 bits per heavy atom. The van der Waals surface area contributed by atoms with E-state index in [9.17, 15) is 4.79 Å². The second-order valence-electron chi connectivity index (χ2n) is 5.38. The van der Waals surface area contributed by atoms with Crippen LogP contribution in [0.3, 0.4) is 0 Å². The Morgan fingerprint density at radius 1 is 1.42 bits per heavy atom. The standard InChI is InChI=1S/C15H18N2O2/c1-15(2,3)19-14(18)17-9-5-7-13(11-17)12-6-4-8-16-10-12/h4-10H,11H2,1-3H3. The minimum absolute atomic E-state index is 0.335. The number of rotatable bonds is 1. The summed E-state index contributed by atoms with van der Waals surface area (Å²) in [4.78, 5) is 17.7. The van der Waals surface area contributed by atoms with Gasteiger partial charge in [0, 0.05) is 18.6 Å². The number of carbonyl (C=O) groups excluding carboxylic acids is 1. The van der Waals surface area contributed by atoms with Crippen molar-refractivity contribution >= 4 is 11.7 Å². The minimum Gasteiger partial charge on any atom is -0.443 e. The highest BCUT2D eigenvalue weighted by molar-refractivity contribution is 5.77. The molecule has 0 aliphatic carbocycles. The molecule has 2 rings (SSSR count). The fourth-order valence-corrected chi connectivity index (χ4v) is 1.74. The molecular weight excluding hydrogens is 240 g/mol. The monoisotopic (exact) mass is 258 g/mol. The molecule has 2 heterocycles. The lowest BCUT2D eigenvalue weighted by Crippen LogP contribution is -2.35. The summed E-state index contributed by atoms with van der Waals surface area (Å²) in [6.07, 6.45) is 8.74. The first-order valence-electron chi connectivity index (χ1n) is 6.23. The second kappa shape index (κ2) is 5.26. The fourth-order valence-electron chi connectivity index (χ4n) is 1.74. The smallest absolute Gasteiger partial charge is 0.414 e. The largest absolute Gasteiger partial charge is 0.443 e. The molecule has 0 radical (unpaired) electrons. The Bertz CT molecular complexity index is 513. The molecule has 1 amide bonds. The summed E-state index contributed by atoms with van der Waals surface area (Å²) in [6, 6.07) is 3.86. The summed E-state index contributed by atoms with van der Waals surface area (Å²) in [6.45, 7) is 6.07. The van der Waals surface area contributed by atoms with Crippen LogP contribution < -0.4 is 0 Å². The number of carbonyl (C=O) groups is 1. The van der Waals surface area contributed by atoms with Gasteiger partial charge in [-0.25, -0.2) is 4.79 Å². The first-order chi connectivity index (χ1) is 8.96. The Morgan fingerprint density at radius 2 is 2.21 bits per heavy atom. The van der Waals surface area contributed by atoms with Crippen LogP contribution in [-0.4, -0.2) is 28.1 Å². The molecule has 0 unspecified atom stereocenters. The maximum Gasteiger partial charge on any atom is 0.414 e. The zero-order valence-electron chi connectivity index (χ0n) is 11.5. The van der Waals surface area contributed by atoms with Crippen molar-refractivity contribution in [3.05, 3.63) is 48.4 Å². The van der Waals surface area contributed by atoms with Crippen LogP contribution in [-0.2, 0) is 4.74 Å². The SMILES string of the molecule is CC(C)(C)OC(=O)N1C=CC=C(c2cccnc2)C1. The van der Waals surface area contributed by atoms with Crippen molar-refractivity contribution in [1.82, 2.24) is 9.88 Å². The maximum absolute atomic E-state index is 12.0. The summed E-state index contributed by atoms with van der Waals surface area (Å²) in [5, 5.41) is 0. The van der Waals surface area contributed by atoms with Gasteiger partial charge in [0.25, 0.3) is 0 Å². The highest BCUT2D eigenvalue weighted by atomic mass is 16.6. The Hall–Kier alpha value is -2.10. The lowest BCUT2D eigenvalue weighted by molar-refractivity contribution is 0.0353. The van der Waals surface area contributed by atoms with Gasteiger partial charge in [-0.1, -0.05) is 12.1 Å². The lowest BCUT2D eigenvalue weighted by Gasteiger charge is -2.27. The highest BCUT2D eigenvalue weighted by Crippen LogP contribution is 2.20. The normalized spacial score (nSPS) is 15.1. The van der Waals surface area contributed by atoms with Crippen molar-refractivity contribution in [3.8, 4) is 0 Å². The molecule has 0 N–H and O–H groups in total. The predicted molar refractivity (Wildman–Crippen MR) is 74.3 cm³/mol. The predicted octanol–water partition coefficient (Wildman–Crippen LogP) is 3.23. The van der Waals surface area contributed by atoms with E-state index in [2.05, 4.69) is 4.98 Å². The molecule has 1 aromatic rings. The number of ether oxygens (including phenoxy) is 1. The topological polar surface area (TPSA) is 42.4 Å². The van der Waals surface area contributed by atoms with Crippen LogP contribution in [0.25, 0.3) is 5.57 Å². The number of aromatic nitrogens is 1. The second-order valence-corrected chi connectivity index (χ2v) is 5.38. The van der Waals surface area contributed by atoms with Gasteiger partial charge in [0.15, 0.2) is 0 Å². The van der Waals surface area contributed by atoms with Crippen LogP contribution in [0.1, 0.15) is 26.3 Å². The molecule has 100 valence electrons. The average molecular weight is 258 g/mol. The van der Waals surface area contributed by atoms with Gasteiger partial charge < -0.3 is 4.74 Å². The molecular formula is C15H18N2O2. The molecule has 1 aromatic heterocycles. The third-order valence-corrected chi connectivity index (χ3v) is 2.56. The van der Waals surface area contributed by atoms with E-state index in [4.69, 9.17) is 4.74 Å². The third kappa shape index (κ3) is 3.68. The number of pyridine rings is 1. The van der Waals surface area contributed by atoms with Crippen molar-refractivity contribution < 1.29 is 9.53 Å². The fraction of sp³-hybridized carbons (Fsp3) is 0.333. The molecule has 0 saturated heterocycles. The summed E-state index contributed by atoms with van der Waals surface area (Å²) in [5.74, 6) is 0. The van der Waals surface area contributed by atoms with E-state index in [0.717, 1.165) is 11.1 Å². The zero-order chi connectivity index (χ0) is 13.9. The van der Waals surface area contributed by atoms with Crippen molar-refractivity contribution in [2.75, 3.05) is 6.54 Å². The number of amides is 1. The maximum atomic E-state index is 12.0. The average Bonchev–Trinajstić information content (AvgIpc) is 2.38. The van der Waals surface area contributed by atoms with E-state index in [-0.39, 0.29) is 6.09 Å².